The van der Waals surface area contributed by atoms with Gasteiger partial charge in [-0.1, -0.05) is 29.3 Å². The maximum absolute atomic E-state index is 6.06. The average Bonchev–Trinajstić information content (AvgIpc) is 2.02. The number of aryl methyl sites for hydroxylation is 2. The first-order valence-electron chi connectivity index (χ1n) is 4.52. The molecule has 0 amide bonds. The van der Waals surface area contributed by atoms with Crippen LogP contribution < -0.4 is 11.1 Å². The summed E-state index contributed by atoms with van der Waals surface area (Å²) in [5.74, 6) is 0. The Morgan fingerprint density at radius 3 is 2.00 bits per heavy atom. The van der Waals surface area contributed by atoms with Gasteiger partial charge in [-0.05, 0) is 33.4 Å². The van der Waals surface area contributed by atoms with Gasteiger partial charge >= 0.3 is 0 Å². The zero-order chi connectivity index (χ0) is 10.1. The lowest BCUT2D eigenvalue weighted by atomic mass is 9.98. The third kappa shape index (κ3) is 2.29. The van der Waals surface area contributed by atoms with E-state index in [4.69, 9.17) is 5.73 Å². The molecule has 0 bridgehead atoms. The first kappa shape index (κ1) is 10.2. The minimum Gasteiger partial charge on any atom is -0.310 e. The van der Waals surface area contributed by atoms with Crippen LogP contribution in [0.4, 0.5) is 0 Å². The molecule has 1 atom stereocenters. The molecule has 0 spiro atoms. The van der Waals surface area contributed by atoms with E-state index >= 15 is 0 Å². The van der Waals surface area contributed by atoms with E-state index in [1.807, 2.05) is 14.0 Å². The van der Waals surface area contributed by atoms with Crippen molar-refractivity contribution in [3.05, 3.63) is 34.9 Å². The molecule has 2 heteroatoms. The summed E-state index contributed by atoms with van der Waals surface area (Å²) in [6, 6.07) is 6.38. The SMILES string of the molecule is CNC(C)(N)c1cc(C)cc(C)c1. The van der Waals surface area contributed by atoms with Crippen molar-refractivity contribution in [2.75, 3.05) is 7.05 Å². The van der Waals surface area contributed by atoms with Gasteiger partial charge in [-0.25, -0.2) is 0 Å². The largest absolute Gasteiger partial charge is 0.310 e. The molecule has 1 aromatic rings. The second kappa shape index (κ2) is 3.48. The lowest BCUT2D eigenvalue weighted by Gasteiger charge is -2.25. The lowest BCUT2D eigenvalue weighted by molar-refractivity contribution is 0.417. The van der Waals surface area contributed by atoms with Crippen LogP contribution in [0.25, 0.3) is 0 Å². The van der Waals surface area contributed by atoms with Crippen LogP contribution in [0.3, 0.4) is 0 Å². The number of nitrogens with two attached hydrogens (primary N) is 1. The molecule has 0 aliphatic carbocycles. The highest BCUT2D eigenvalue weighted by atomic mass is 15.1. The minimum atomic E-state index is -0.434. The minimum absolute atomic E-state index is 0.434. The van der Waals surface area contributed by atoms with Gasteiger partial charge in [0.1, 0.15) is 0 Å². The van der Waals surface area contributed by atoms with E-state index < -0.39 is 5.66 Å². The van der Waals surface area contributed by atoms with E-state index in [9.17, 15) is 0 Å². The van der Waals surface area contributed by atoms with Crippen molar-refractivity contribution in [1.82, 2.24) is 5.32 Å². The highest BCUT2D eigenvalue weighted by Gasteiger charge is 2.18. The normalized spacial score (nSPS) is 15.5. The van der Waals surface area contributed by atoms with Gasteiger partial charge in [-0.3, -0.25) is 5.32 Å². The summed E-state index contributed by atoms with van der Waals surface area (Å²) in [5.41, 5.74) is 9.27. The van der Waals surface area contributed by atoms with Gasteiger partial charge in [0.2, 0.25) is 0 Å². The third-order valence-corrected chi connectivity index (χ3v) is 2.34. The molecule has 0 aliphatic heterocycles. The number of nitrogens with one attached hydrogen (secondary N) is 1. The van der Waals surface area contributed by atoms with Crippen LogP contribution in [-0.2, 0) is 5.66 Å². The first-order chi connectivity index (χ1) is 5.95. The highest BCUT2D eigenvalue weighted by molar-refractivity contribution is 5.32. The maximum Gasteiger partial charge on any atom is 0.0893 e. The van der Waals surface area contributed by atoms with Gasteiger partial charge < -0.3 is 5.73 Å². The quantitative estimate of drug-likeness (QED) is 0.676. The van der Waals surface area contributed by atoms with E-state index in [1.54, 1.807) is 0 Å². The van der Waals surface area contributed by atoms with Crippen LogP contribution in [-0.4, -0.2) is 7.05 Å². The van der Waals surface area contributed by atoms with Crippen molar-refractivity contribution in [2.45, 2.75) is 26.4 Å². The van der Waals surface area contributed by atoms with E-state index in [0.29, 0.717) is 0 Å². The van der Waals surface area contributed by atoms with E-state index in [1.165, 1.54) is 11.1 Å². The molecule has 2 nitrogen and oxygen atoms in total. The Labute approximate surface area is 80.1 Å². The van der Waals surface area contributed by atoms with Crippen LogP contribution in [0.1, 0.15) is 23.6 Å². The molecule has 0 radical (unpaired) electrons. The van der Waals surface area contributed by atoms with Gasteiger partial charge in [0.25, 0.3) is 0 Å². The molecule has 1 aromatic carbocycles. The predicted molar refractivity (Wildman–Crippen MR) is 56.5 cm³/mol. The van der Waals surface area contributed by atoms with Crippen LogP contribution in [0.5, 0.6) is 0 Å². The van der Waals surface area contributed by atoms with E-state index in [2.05, 4.69) is 37.4 Å². The van der Waals surface area contributed by atoms with E-state index in [-0.39, 0.29) is 0 Å². The van der Waals surface area contributed by atoms with Crippen LogP contribution in [0.15, 0.2) is 18.2 Å². The fourth-order valence-electron chi connectivity index (χ4n) is 1.42. The number of hydrogen-bond acceptors (Lipinski definition) is 2. The molecule has 0 fully saturated rings. The second-order valence-corrected chi connectivity index (χ2v) is 3.83. The zero-order valence-electron chi connectivity index (χ0n) is 8.81. The van der Waals surface area contributed by atoms with Crippen LogP contribution in [0, 0.1) is 13.8 Å². The topological polar surface area (TPSA) is 38.0 Å². The second-order valence-electron chi connectivity index (χ2n) is 3.83. The Morgan fingerprint density at radius 1 is 1.15 bits per heavy atom. The first-order valence-corrected chi connectivity index (χ1v) is 4.52. The van der Waals surface area contributed by atoms with Crippen LogP contribution in [0.2, 0.25) is 0 Å². The Bertz CT molecular complexity index is 283. The molecule has 13 heavy (non-hydrogen) atoms. The average molecular weight is 178 g/mol. The molecule has 1 unspecified atom stereocenters. The van der Waals surface area contributed by atoms with Crippen molar-refractivity contribution in [3.8, 4) is 0 Å². The smallest absolute Gasteiger partial charge is 0.0893 e. The fourth-order valence-corrected chi connectivity index (χ4v) is 1.42. The van der Waals surface area contributed by atoms with Crippen molar-refractivity contribution < 1.29 is 0 Å². The summed E-state index contributed by atoms with van der Waals surface area (Å²) in [6.07, 6.45) is 0. The monoisotopic (exact) mass is 178 g/mol. The van der Waals surface area contributed by atoms with Gasteiger partial charge in [0.05, 0.1) is 5.66 Å². The van der Waals surface area contributed by atoms with Crippen molar-refractivity contribution in [1.29, 1.82) is 0 Å². The molecular weight excluding hydrogens is 160 g/mol. The summed E-state index contributed by atoms with van der Waals surface area (Å²) in [6.45, 7) is 6.14. The molecule has 1 rings (SSSR count). The summed E-state index contributed by atoms with van der Waals surface area (Å²) in [7, 11) is 1.87. The Balaban J connectivity index is 3.15. The molecule has 72 valence electrons. The molecule has 0 heterocycles. The number of hydrogen-bond donors (Lipinski definition) is 2. The van der Waals surface area contributed by atoms with Gasteiger partial charge in [-0.2, -0.15) is 0 Å². The zero-order valence-corrected chi connectivity index (χ0v) is 8.81. The molecule has 0 saturated heterocycles. The molecule has 0 aliphatic rings. The molecule has 3 N–H and O–H groups in total. The van der Waals surface area contributed by atoms with Gasteiger partial charge in [0, 0.05) is 0 Å². The Kier molecular flexibility index (Phi) is 2.74. The predicted octanol–water partition coefficient (Wildman–Crippen LogP) is 1.65. The van der Waals surface area contributed by atoms with Crippen molar-refractivity contribution in [2.24, 2.45) is 5.73 Å². The molecular formula is C11H18N2. The van der Waals surface area contributed by atoms with Crippen molar-refractivity contribution >= 4 is 0 Å². The van der Waals surface area contributed by atoms with Crippen LogP contribution >= 0.6 is 0 Å². The molecule has 0 aromatic heterocycles. The summed E-state index contributed by atoms with van der Waals surface area (Å²) in [4.78, 5) is 0. The summed E-state index contributed by atoms with van der Waals surface area (Å²) < 4.78 is 0. The maximum atomic E-state index is 6.06. The number of benzene rings is 1. The van der Waals surface area contributed by atoms with Gasteiger partial charge in [-0.15, -0.1) is 0 Å². The summed E-state index contributed by atoms with van der Waals surface area (Å²) >= 11 is 0. The van der Waals surface area contributed by atoms with Gasteiger partial charge in [0.15, 0.2) is 0 Å². The lowest BCUT2D eigenvalue weighted by Crippen LogP contribution is -2.45. The Morgan fingerprint density at radius 2 is 1.62 bits per heavy atom. The number of rotatable bonds is 2. The summed E-state index contributed by atoms with van der Waals surface area (Å²) in [5, 5.41) is 3.09. The third-order valence-electron chi connectivity index (χ3n) is 2.34. The molecule has 0 saturated carbocycles. The van der Waals surface area contributed by atoms with Crippen molar-refractivity contribution in [3.63, 3.8) is 0 Å². The highest BCUT2D eigenvalue weighted by Crippen LogP contribution is 2.17. The standard InChI is InChI=1S/C11H18N2/c1-8-5-9(2)7-10(6-8)11(3,12)13-4/h5-7,13H,12H2,1-4H3. The Hall–Kier alpha value is -0.860. The van der Waals surface area contributed by atoms with E-state index in [0.717, 1.165) is 5.56 Å². The fraction of sp³-hybridized carbons (Fsp3) is 0.455.